The predicted octanol–water partition coefficient (Wildman–Crippen LogP) is 3.11. The normalized spacial score (nSPS) is 27.0. The molecule has 0 spiro atoms. The van der Waals surface area contributed by atoms with Crippen LogP contribution in [0.2, 0.25) is 0 Å². The zero-order chi connectivity index (χ0) is 13.2. The van der Waals surface area contributed by atoms with Gasteiger partial charge in [-0.2, -0.15) is 0 Å². The van der Waals surface area contributed by atoms with E-state index in [1.807, 2.05) is 0 Å². The number of amides is 2. The Morgan fingerprint density at radius 3 is 2.42 bits per heavy atom. The molecule has 0 saturated heterocycles. The molecular weight excluding hydrogens is 260 g/mol. The fraction of sp³-hybridized carbons (Fsp3) is 0.769. The molecule has 0 radical (unpaired) electrons. The Morgan fingerprint density at radius 2 is 1.89 bits per heavy atom. The Kier molecular flexibility index (Phi) is 3.68. The molecule has 2 aliphatic rings. The van der Waals surface area contributed by atoms with Crippen LogP contribution in [-0.4, -0.2) is 33.2 Å². The van der Waals surface area contributed by atoms with Gasteiger partial charge in [0.1, 0.15) is 5.51 Å². The average molecular weight is 280 g/mol. The van der Waals surface area contributed by atoms with Crippen molar-refractivity contribution in [2.75, 3.05) is 5.32 Å². The van der Waals surface area contributed by atoms with Gasteiger partial charge in [-0.05, 0) is 44.4 Å². The zero-order valence-corrected chi connectivity index (χ0v) is 12.0. The van der Waals surface area contributed by atoms with Gasteiger partial charge in [0.15, 0.2) is 0 Å². The van der Waals surface area contributed by atoms with Crippen molar-refractivity contribution in [3.05, 3.63) is 5.51 Å². The molecule has 5 nitrogen and oxygen atoms in total. The molecule has 104 valence electrons. The van der Waals surface area contributed by atoms with Crippen molar-refractivity contribution >= 4 is 22.5 Å². The third-order valence-electron chi connectivity index (χ3n) is 4.13. The molecule has 1 aromatic rings. The van der Waals surface area contributed by atoms with Crippen LogP contribution in [0, 0.1) is 5.92 Å². The highest BCUT2D eigenvalue weighted by molar-refractivity contribution is 7.13. The number of carbonyl (C=O) groups is 1. The highest BCUT2D eigenvalue weighted by Gasteiger charge is 2.38. The van der Waals surface area contributed by atoms with Gasteiger partial charge >= 0.3 is 6.03 Å². The number of carbonyl (C=O) groups excluding carboxylic acids is 1. The van der Waals surface area contributed by atoms with Gasteiger partial charge in [0.25, 0.3) is 0 Å². The zero-order valence-electron chi connectivity index (χ0n) is 11.2. The standard InChI is InChI=1S/C13H20N4OS/c1-9-2-4-10(5-3-9)17(11-6-7-11)13(18)15-12-16-14-8-19-12/h8-11H,2-7H2,1H3,(H,15,16,18). The molecule has 2 aliphatic carbocycles. The van der Waals surface area contributed by atoms with Crippen molar-refractivity contribution in [2.24, 2.45) is 5.92 Å². The molecule has 1 heterocycles. The summed E-state index contributed by atoms with van der Waals surface area (Å²) in [7, 11) is 0. The average Bonchev–Trinajstić information content (AvgIpc) is 3.09. The fourth-order valence-corrected chi connectivity index (χ4v) is 3.32. The van der Waals surface area contributed by atoms with E-state index >= 15 is 0 Å². The van der Waals surface area contributed by atoms with E-state index in [0.29, 0.717) is 17.2 Å². The summed E-state index contributed by atoms with van der Waals surface area (Å²) in [5, 5.41) is 11.1. The second-order valence-corrected chi connectivity index (χ2v) is 6.56. The van der Waals surface area contributed by atoms with Crippen LogP contribution in [0.1, 0.15) is 45.4 Å². The second-order valence-electron chi connectivity index (χ2n) is 5.73. The summed E-state index contributed by atoms with van der Waals surface area (Å²) in [5.74, 6) is 0.809. The molecule has 0 aromatic carbocycles. The number of hydrogen-bond acceptors (Lipinski definition) is 4. The van der Waals surface area contributed by atoms with Gasteiger partial charge in [-0.25, -0.2) is 4.79 Å². The van der Waals surface area contributed by atoms with Gasteiger partial charge in [0, 0.05) is 12.1 Å². The Balaban J connectivity index is 1.65. The third-order valence-corrected chi connectivity index (χ3v) is 4.73. The first-order valence-corrected chi connectivity index (χ1v) is 7.97. The number of nitrogens with one attached hydrogen (secondary N) is 1. The molecule has 2 fully saturated rings. The van der Waals surface area contributed by atoms with Crippen molar-refractivity contribution in [2.45, 2.75) is 57.5 Å². The molecule has 19 heavy (non-hydrogen) atoms. The number of urea groups is 1. The van der Waals surface area contributed by atoms with Crippen LogP contribution in [-0.2, 0) is 0 Å². The van der Waals surface area contributed by atoms with Crippen LogP contribution < -0.4 is 5.32 Å². The summed E-state index contributed by atoms with van der Waals surface area (Å²) >= 11 is 1.37. The number of nitrogens with zero attached hydrogens (tertiary/aromatic N) is 3. The highest BCUT2D eigenvalue weighted by Crippen LogP contribution is 2.35. The lowest BCUT2D eigenvalue weighted by Gasteiger charge is -2.36. The number of hydrogen-bond donors (Lipinski definition) is 1. The molecule has 0 aliphatic heterocycles. The summed E-state index contributed by atoms with van der Waals surface area (Å²) < 4.78 is 0. The molecule has 0 unspecified atom stereocenters. The van der Waals surface area contributed by atoms with Gasteiger partial charge in [0.05, 0.1) is 0 Å². The van der Waals surface area contributed by atoms with Crippen LogP contribution in [0.5, 0.6) is 0 Å². The Hall–Kier alpha value is -1.17. The van der Waals surface area contributed by atoms with E-state index in [1.165, 1.54) is 24.2 Å². The molecule has 0 atom stereocenters. The lowest BCUT2D eigenvalue weighted by Crippen LogP contribution is -2.45. The monoisotopic (exact) mass is 280 g/mol. The first-order valence-electron chi connectivity index (χ1n) is 7.09. The number of rotatable bonds is 3. The molecular formula is C13H20N4OS. The van der Waals surface area contributed by atoms with Crippen LogP contribution in [0.25, 0.3) is 0 Å². The van der Waals surface area contributed by atoms with Crippen LogP contribution in [0.4, 0.5) is 9.93 Å². The molecule has 2 amide bonds. The van der Waals surface area contributed by atoms with Crippen LogP contribution in [0.15, 0.2) is 5.51 Å². The number of anilines is 1. The Labute approximate surface area is 117 Å². The third kappa shape index (κ3) is 3.05. The highest BCUT2D eigenvalue weighted by atomic mass is 32.1. The van der Waals surface area contributed by atoms with Gasteiger partial charge in [-0.3, -0.25) is 5.32 Å². The van der Waals surface area contributed by atoms with Gasteiger partial charge < -0.3 is 4.90 Å². The quantitative estimate of drug-likeness (QED) is 0.925. The Bertz CT molecular complexity index is 424. The van der Waals surface area contributed by atoms with E-state index in [1.54, 1.807) is 5.51 Å². The second kappa shape index (κ2) is 5.45. The minimum absolute atomic E-state index is 0.0128. The lowest BCUT2D eigenvalue weighted by atomic mass is 9.86. The SMILES string of the molecule is CC1CCC(N(C(=O)Nc2nncs2)C2CC2)CC1. The van der Waals surface area contributed by atoms with E-state index in [0.717, 1.165) is 31.6 Å². The van der Waals surface area contributed by atoms with Crippen molar-refractivity contribution in [3.8, 4) is 0 Å². The summed E-state index contributed by atoms with van der Waals surface area (Å²) in [4.78, 5) is 14.5. The van der Waals surface area contributed by atoms with Gasteiger partial charge in [-0.1, -0.05) is 18.3 Å². The van der Waals surface area contributed by atoms with Gasteiger partial charge in [0.2, 0.25) is 5.13 Å². The maximum absolute atomic E-state index is 12.4. The molecule has 1 N–H and O–H groups in total. The smallest absolute Gasteiger partial charge is 0.319 e. The van der Waals surface area contributed by atoms with E-state index in [-0.39, 0.29) is 6.03 Å². The van der Waals surface area contributed by atoms with Crippen LogP contribution >= 0.6 is 11.3 Å². The van der Waals surface area contributed by atoms with E-state index in [4.69, 9.17) is 0 Å². The van der Waals surface area contributed by atoms with Gasteiger partial charge in [-0.15, -0.1) is 10.2 Å². The molecule has 0 bridgehead atoms. The number of aromatic nitrogens is 2. The molecule has 6 heteroatoms. The lowest BCUT2D eigenvalue weighted by molar-refractivity contribution is 0.151. The molecule has 3 rings (SSSR count). The summed E-state index contributed by atoms with van der Waals surface area (Å²) in [5.41, 5.74) is 1.64. The first kappa shape index (κ1) is 12.8. The maximum Gasteiger partial charge on any atom is 0.324 e. The summed E-state index contributed by atoms with van der Waals surface area (Å²) in [6.45, 7) is 2.30. The minimum atomic E-state index is 0.0128. The maximum atomic E-state index is 12.4. The molecule has 2 saturated carbocycles. The van der Waals surface area contributed by atoms with Crippen molar-refractivity contribution in [1.29, 1.82) is 0 Å². The van der Waals surface area contributed by atoms with E-state index in [9.17, 15) is 4.79 Å². The fourth-order valence-electron chi connectivity index (χ4n) is 2.89. The Morgan fingerprint density at radius 1 is 1.26 bits per heavy atom. The van der Waals surface area contributed by atoms with Crippen molar-refractivity contribution < 1.29 is 4.79 Å². The summed E-state index contributed by atoms with van der Waals surface area (Å²) in [6, 6.07) is 0.877. The minimum Gasteiger partial charge on any atom is -0.319 e. The van der Waals surface area contributed by atoms with Crippen molar-refractivity contribution in [3.63, 3.8) is 0 Å². The van der Waals surface area contributed by atoms with Crippen LogP contribution in [0.3, 0.4) is 0 Å². The van der Waals surface area contributed by atoms with E-state index < -0.39 is 0 Å². The largest absolute Gasteiger partial charge is 0.324 e. The predicted molar refractivity (Wildman–Crippen MR) is 75.2 cm³/mol. The van der Waals surface area contributed by atoms with Crippen molar-refractivity contribution in [1.82, 2.24) is 15.1 Å². The summed E-state index contributed by atoms with van der Waals surface area (Å²) in [6.07, 6.45) is 7.05. The topological polar surface area (TPSA) is 58.1 Å². The molecule has 1 aromatic heterocycles. The van der Waals surface area contributed by atoms with E-state index in [2.05, 4.69) is 27.3 Å². The first-order chi connectivity index (χ1) is 9.24.